The van der Waals surface area contributed by atoms with Gasteiger partial charge in [-0.05, 0) is 54.2 Å². The third-order valence-corrected chi connectivity index (χ3v) is 6.89. The van der Waals surface area contributed by atoms with Gasteiger partial charge in [-0.3, -0.25) is 9.59 Å². The van der Waals surface area contributed by atoms with Crippen LogP contribution in [0.1, 0.15) is 57.6 Å². The first-order valence-corrected chi connectivity index (χ1v) is 11.8. The number of fused-ring (bicyclic) bond motifs is 2. The van der Waals surface area contributed by atoms with Crippen molar-refractivity contribution in [2.24, 2.45) is 7.05 Å². The molecule has 1 atom stereocenters. The average molecular weight is 473 g/mol. The van der Waals surface area contributed by atoms with Crippen LogP contribution < -0.4 is 0 Å². The molecule has 1 unspecified atom stereocenters. The Morgan fingerprint density at radius 3 is 2.71 bits per heavy atom. The summed E-state index contributed by atoms with van der Waals surface area (Å²) in [7, 11) is 1.84. The summed E-state index contributed by atoms with van der Waals surface area (Å²) in [5.41, 5.74) is 7.19. The molecule has 2 aromatic carbocycles. The normalized spacial score (nSPS) is 14.2. The Morgan fingerprint density at radius 2 is 2.00 bits per heavy atom. The average Bonchev–Trinajstić information content (AvgIpc) is 3.48. The first-order chi connectivity index (χ1) is 16.9. The molecular weight excluding hydrogens is 444 g/mol. The lowest BCUT2D eigenvalue weighted by Gasteiger charge is -2.29. The van der Waals surface area contributed by atoms with Gasteiger partial charge in [-0.2, -0.15) is 0 Å². The lowest BCUT2D eigenvalue weighted by Crippen LogP contribution is -2.36. The zero-order valence-electron chi connectivity index (χ0n) is 20.1. The zero-order valence-corrected chi connectivity index (χ0v) is 20.1. The van der Waals surface area contributed by atoms with Crippen LogP contribution in [0.3, 0.4) is 0 Å². The van der Waals surface area contributed by atoms with E-state index in [0.717, 1.165) is 39.7 Å². The fourth-order valence-electron chi connectivity index (χ4n) is 5.03. The maximum atomic E-state index is 13.0. The summed E-state index contributed by atoms with van der Waals surface area (Å²) in [6.45, 7) is 5.81. The minimum Gasteiger partial charge on any atom is -0.481 e. The van der Waals surface area contributed by atoms with Crippen molar-refractivity contribution >= 4 is 22.9 Å². The maximum Gasteiger partial charge on any atom is 0.304 e. The highest BCUT2D eigenvalue weighted by Gasteiger charge is 2.26. The van der Waals surface area contributed by atoms with Crippen molar-refractivity contribution in [3.8, 4) is 0 Å². The molecular formula is C26H28N6O3. The Hall–Kier alpha value is -4.01. The van der Waals surface area contributed by atoms with Gasteiger partial charge in [0.1, 0.15) is 11.2 Å². The molecule has 1 N–H and O–H groups in total. The van der Waals surface area contributed by atoms with Crippen LogP contribution >= 0.6 is 0 Å². The number of carboxylic acid groups (broad SMARTS) is 1. The molecule has 0 spiro atoms. The SMILES string of the molecule is CCn1nnc2c(C)c(C(CC(=O)O)c3ccc4c(c3)CN(C(=O)c3cn(C)cn3)CC4)ccc21. The second kappa shape index (κ2) is 8.98. The van der Waals surface area contributed by atoms with Gasteiger partial charge in [-0.1, -0.05) is 29.5 Å². The van der Waals surface area contributed by atoms with Crippen molar-refractivity contribution < 1.29 is 14.7 Å². The number of imidazole rings is 1. The highest BCUT2D eigenvalue weighted by molar-refractivity contribution is 5.92. The van der Waals surface area contributed by atoms with E-state index in [2.05, 4.69) is 27.4 Å². The van der Waals surface area contributed by atoms with Crippen molar-refractivity contribution in [1.82, 2.24) is 29.4 Å². The zero-order chi connectivity index (χ0) is 24.7. The topological polar surface area (TPSA) is 106 Å². The number of carboxylic acids is 1. The highest BCUT2D eigenvalue weighted by atomic mass is 16.4. The quantitative estimate of drug-likeness (QED) is 0.462. The van der Waals surface area contributed by atoms with Gasteiger partial charge >= 0.3 is 5.97 Å². The van der Waals surface area contributed by atoms with Crippen LogP contribution in [0.4, 0.5) is 0 Å². The number of aromatic nitrogens is 5. The molecule has 0 saturated heterocycles. The van der Waals surface area contributed by atoms with Crippen LogP contribution in [0, 0.1) is 6.92 Å². The van der Waals surface area contributed by atoms with Crippen LogP contribution in [0.25, 0.3) is 11.0 Å². The molecule has 5 rings (SSSR count). The Kier molecular flexibility index (Phi) is 5.84. The van der Waals surface area contributed by atoms with Crippen LogP contribution in [0.2, 0.25) is 0 Å². The molecule has 35 heavy (non-hydrogen) atoms. The number of amides is 1. The predicted octanol–water partition coefficient (Wildman–Crippen LogP) is 3.30. The Labute approximate surface area is 203 Å². The number of nitrogens with zero attached hydrogens (tertiary/aromatic N) is 6. The number of aliphatic carboxylic acids is 1. The van der Waals surface area contributed by atoms with E-state index in [1.54, 1.807) is 22.0 Å². The lowest BCUT2D eigenvalue weighted by atomic mass is 9.83. The third kappa shape index (κ3) is 4.18. The summed E-state index contributed by atoms with van der Waals surface area (Å²) in [4.78, 5) is 30.8. The van der Waals surface area contributed by atoms with E-state index in [0.29, 0.717) is 25.3 Å². The fourth-order valence-corrected chi connectivity index (χ4v) is 5.03. The molecule has 0 aliphatic carbocycles. The maximum absolute atomic E-state index is 13.0. The molecule has 9 nitrogen and oxygen atoms in total. The van der Waals surface area contributed by atoms with Gasteiger partial charge in [0.25, 0.3) is 5.91 Å². The molecule has 9 heteroatoms. The molecule has 180 valence electrons. The third-order valence-electron chi connectivity index (χ3n) is 6.89. The summed E-state index contributed by atoms with van der Waals surface area (Å²) in [5.74, 6) is -1.30. The van der Waals surface area contributed by atoms with Crippen LogP contribution in [0.15, 0.2) is 42.9 Å². The number of hydrogen-bond donors (Lipinski definition) is 1. The van der Waals surface area contributed by atoms with Crippen molar-refractivity contribution in [2.75, 3.05) is 6.54 Å². The molecule has 4 aromatic rings. The van der Waals surface area contributed by atoms with Gasteiger partial charge < -0.3 is 14.6 Å². The van der Waals surface area contributed by atoms with Crippen molar-refractivity contribution in [1.29, 1.82) is 0 Å². The van der Waals surface area contributed by atoms with Gasteiger partial charge in [-0.15, -0.1) is 5.10 Å². The summed E-state index contributed by atoms with van der Waals surface area (Å²) in [5, 5.41) is 18.3. The minimum absolute atomic E-state index is 0.0381. The van der Waals surface area contributed by atoms with E-state index in [4.69, 9.17) is 0 Å². The number of benzene rings is 2. The number of carbonyl (C=O) groups is 2. The molecule has 0 bridgehead atoms. The second-order valence-corrected chi connectivity index (χ2v) is 9.13. The summed E-state index contributed by atoms with van der Waals surface area (Å²) in [6.07, 6.45) is 4.06. The van der Waals surface area contributed by atoms with Gasteiger partial charge in [0.15, 0.2) is 0 Å². The van der Waals surface area contributed by atoms with E-state index in [1.807, 2.05) is 43.8 Å². The van der Waals surface area contributed by atoms with Crippen LogP contribution in [-0.2, 0) is 31.4 Å². The summed E-state index contributed by atoms with van der Waals surface area (Å²) in [6, 6.07) is 10.1. The first kappa shape index (κ1) is 22.8. The molecule has 3 heterocycles. The monoisotopic (exact) mass is 472 g/mol. The van der Waals surface area contributed by atoms with Gasteiger partial charge in [-0.25, -0.2) is 9.67 Å². The van der Waals surface area contributed by atoms with E-state index in [9.17, 15) is 14.7 Å². The van der Waals surface area contributed by atoms with Crippen LogP contribution in [0.5, 0.6) is 0 Å². The summed E-state index contributed by atoms with van der Waals surface area (Å²) >= 11 is 0. The Morgan fingerprint density at radius 1 is 1.17 bits per heavy atom. The van der Waals surface area contributed by atoms with E-state index >= 15 is 0 Å². The Balaban J connectivity index is 1.50. The van der Waals surface area contributed by atoms with Crippen molar-refractivity contribution in [3.63, 3.8) is 0 Å². The lowest BCUT2D eigenvalue weighted by molar-refractivity contribution is -0.137. The standard InChI is InChI=1S/C26H28N6O3/c1-4-32-23-8-7-20(16(2)25(23)28-29-32)21(12-24(33)34)18-6-5-17-9-10-31(13-19(17)11-18)26(35)22-14-30(3)15-27-22/h5-8,11,14-15,21H,4,9-10,12-13H2,1-3H3,(H,33,34). The number of carbonyl (C=O) groups excluding carboxylic acids is 1. The summed E-state index contributed by atoms with van der Waals surface area (Å²) < 4.78 is 3.60. The molecule has 0 fully saturated rings. The Bertz CT molecular complexity index is 1440. The van der Waals surface area contributed by atoms with Crippen molar-refractivity contribution in [3.05, 3.63) is 76.4 Å². The molecule has 0 radical (unpaired) electrons. The minimum atomic E-state index is -0.864. The number of hydrogen-bond acceptors (Lipinski definition) is 5. The van der Waals surface area contributed by atoms with Crippen LogP contribution in [-0.4, -0.2) is 53.0 Å². The van der Waals surface area contributed by atoms with Gasteiger partial charge in [0.05, 0.1) is 18.3 Å². The van der Waals surface area contributed by atoms with Crippen molar-refractivity contribution in [2.45, 2.75) is 45.7 Å². The number of rotatable bonds is 6. The fraction of sp³-hybridized carbons (Fsp3) is 0.346. The van der Waals surface area contributed by atoms with Gasteiger partial charge in [0.2, 0.25) is 0 Å². The molecule has 2 aromatic heterocycles. The van der Waals surface area contributed by atoms with Gasteiger partial charge in [0, 0.05) is 38.8 Å². The molecule has 1 amide bonds. The highest BCUT2D eigenvalue weighted by Crippen LogP contribution is 2.35. The number of aryl methyl sites for hydroxylation is 3. The van der Waals surface area contributed by atoms with E-state index in [1.165, 1.54) is 5.56 Å². The second-order valence-electron chi connectivity index (χ2n) is 9.13. The largest absolute Gasteiger partial charge is 0.481 e. The molecule has 1 aliphatic rings. The first-order valence-electron chi connectivity index (χ1n) is 11.8. The smallest absolute Gasteiger partial charge is 0.304 e. The van der Waals surface area contributed by atoms with E-state index in [-0.39, 0.29) is 18.2 Å². The molecule has 1 aliphatic heterocycles. The van der Waals surface area contributed by atoms with E-state index < -0.39 is 5.97 Å². The molecule has 0 saturated carbocycles. The predicted molar refractivity (Wildman–Crippen MR) is 130 cm³/mol.